The Morgan fingerprint density at radius 3 is 2.81 bits per heavy atom. The normalized spacial score (nSPS) is 20.6. The summed E-state index contributed by atoms with van der Waals surface area (Å²) in [7, 11) is 4.41. The smallest absolute Gasteiger partial charge is 0.0328 e. The zero-order valence-electron chi connectivity index (χ0n) is 14.1. The maximum atomic E-state index is 3.53. The molecule has 1 atom stereocenters. The number of hydrogen-bond acceptors (Lipinski definition) is 4. The predicted molar refractivity (Wildman–Crippen MR) is 92.8 cm³/mol. The van der Waals surface area contributed by atoms with E-state index in [2.05, 4.69) is 55.2 Å². The van der Waals surface area contributed by atoms with E-state index in [-0.39, 0.29) is 0 Å². The van der Waals surface area contributed by atoms with Crippen LogP contribution < -0.4 is 5.32 Å². The van der Waals surface area contributed by atoms with Crippen molar-refractivity contribution in [1.82, 2.24) is 15.1 Å². The summed E-state index contributed by atoms with van der Waals surface area (Å²) in [5, 5.41) is 3.53. The molecule has 1 aromatic heterocycles. The first-order chi connectivity index (χ1) is 10.0. The third-order valence-electron chi connectivity index (χ3n) is 4.16. The molecule has 21 heavy (non-hydrogen) atoms. The summed E-state index contributed by atoms with van der Waals surface area (Å²) in [5.41, 5.74) is 0. The van der Waals surface area contributed by atoms with Crippen LogP contribution in [0.2, 0.25) is 0 Å². The van der Waals surface area contributed by atoms with Crippen LogP contribution in [0.1, 0.15) is 36.4 Å². The zero-order chi connectivity index (χ0) is 15.2. The van der Waals surface area contributed by atoms with Crippen LogP contribution in [-0.4, -0.2) is 49.6 Å². The van der Waals surface area contributed by atoms with E-state index in [1.54, 1.807) is 0 Å². The van der Waals surface area contributed by atoms with E-state index in [1.807, 2.05) is 11.3 Å². The van der Waals surface area contributed by atoms with Gasteiger partial charge in [-0.2, -0.15) is 0 Å². The Labute approximate surface area is 134 Å². The van der Waals surface area contributed by atoms with Gasteiger partial charge < -0.3 is 10.2 Å². The van der Waals surface area contributed by atoms with Gasteiger partial charge in [-0.15, -0.1) is 11.3 Å². The van der Waals surface area contributed by atoms with E-state index >= 15 is 0 Å². The molecule has 1 aliphatic rings. The number of nitrogens with one attached hydrogen (secondary N) is 1. The molecule has 1 saturated heterocycles. The number of nitrogens with zero attached hydrogens (tertiary/aromatic N) is 2. The van der Waals surface area contributed by atoms with Gasteiger partial charge in [0.2, 0.25) is 0 Å². The number of piperidine rings is 1. The molecule has 1 fully saturated rings. The van der Waals surface area contributed by atoms with E-state index in [0.717, 1.165) is 31.6 Å². The van der Waals surface area contributed by atoms with Gasteiger partial charge in [0.1, 0.15) is 0 Å². The second-order valence-electron chi connectivity index (χ2n) is 6.89. The summed E-state index contributed by atoms with van der Waals surface area (Å²) >= 11 is 1.97. The molecule has 3 nitrogen and oxygen atoms in total. The second-order valence-corrected chi connectivity index (χ2v) is 8.14. The fourth-order valence-electron chi connectivity index (χ4n) is 2.90. The van der Waals surface area contributed by atoms with Gasteiger partial charge in [0.15, 0.2) is 0 Å². The maximum Gasteiger partial charge on any atom is 0.0328 e. The molecule has 1 N–H and O–H groups in total. The van der Waals surface area contributed by atoms with Crippen LogP contribution in [0, 0.1) is 5.92 Å². The molecule has 1 unspecified atom stereocenters. The highest BCUT2D eigenvalue weighted by Crippen LogP contribution is 2.21. The van der Waals surface area contributed by atoms with Crippen molar-refractivity contribution in [2.75, 3.05) is 33.7 Å². The van der Waals surface area contributed by atoms with Crippen molar-refractivity contribution in [3.8, 4) is 0 Å². The second kappa shape index (κ2) is 8.28. The lowest BCUT2D eigenvalue weighted by atomic mass is 10.1. The van der Waals surface area contributed by atoms with Crippen molar-refractivity contribution in [2.24, 2.45) is 5.92 Å². The molecule has 0 radical (unpaired) electrons. The van der Waals surface area contributed by atoms with E-state index in [9.17, 15) is 0 Å². The Balaban J connectivity index is 1.79. The summed E-state index contributed by atoms with van der Waals surface area (Å²) < 4.78 is 0. The van der Waals surface area contributed by atoms with E-state index in [0.29, 0.717) is 0 Å². The maximum absolute atomic E-state index is 3.53. The van der Waals surface area contributed by atoms with Crippen LogP contribution in [-0.2, 0) is 13.1 Å². The Morgan fingerprint density at radius 2 is 2.10 bits per heavy atom. The van der Waals surface area contributed by atoms with Gasteiger partial charge in [0.25, 0.3) is 0 Å². The summed E-state index contributed by atoms with van der Waals surface area (Å²) in [4.78, 5) is 7.97. The molecule has 2 heterocycles. The van der Waals surface area contributed by atoms with E-state index < -0.39 is 0 Å². The fourth-order valence-corrected chi connectivity index (χ4v) is 3.93. The Hall–Kier alpha value is -0.420. The number of rotatable bonds is 7. The highest BCUT2D eigenvalue weighted by Gasteiger charge is 2.21. The predicted octanol–water partition coefficient (Wildman–Crippen LogP) is 3.02. The van der Waals surface area contributed by atoms with Gasteiger partial charge in [0.05, 0.1) is 0 Å². The molecule has 1 aromatic rings. The molecule has 0 amide bonds. The van der Waals surface area contributed by atoms with Crippen LogP contribution in [0.15, 0.2) is 12.1 Å². The summed E-state index contributed by atoms with van der Waals surface area (Å²) in [5.74, 6) is 0.723. The molecule has 0 bridgehead atoms. The number of hydrogen-bond donors (Lipinski definition) is 1. The minimum Gasteiger partial charge on any atom is -0.312 e. The summed E-state index contributed by atoms with van der Waals surface area (Å²) in [6.45, 7) is 10.2. The average molecular weight is 310 g/mol. The summed E-state index contributed by atoms with van der Waals surface area (Å²) in [6, 6.07) is 5.34. The molecule has 0 saturated carbocycles. The van der Waals surface area contributed by atoms with Gasteiger partial charge in [-0.1, -0.05) is 13.8 Å². The minimum atomic E-state index is 0.723. The molecule has 2 rings (SSSR count). The monoisotopic (exact) mass is 309 g/mol. The number of likely N-dealkylation sites (N-methyl/N-ethyl adjacent to an activating group) is 1. The van der Waals surface area contributed by atoms with Crippen LogP contribution in [0.25, 0.3) is 0 Å². The highest BCUT2D eigenvalue weighted by atomic mass is 32.1. The average Bonchev–Trinajstić information content (AvgIpc) is 2.86. The molecular formula is C17H31N3S. The summed E-state index contributed by atoms with van der Waals surface area (Å²) in [6.07, 6.45) is 2.68. The van der Waals surface area contributed by atoms with E-state index in [4.69, 9.17) is 0 Å². The Morgan fingerprint density at radius 1 is 1.33 bits per heavy atom. The number of thiophene rings is 1. The lowest BCUT2D eigenvalue weighted by Gasteiger charge is -2.35. The third kappa shape index (κ3) is 5.70. The van der Waals surface area contributed by atoms with E-state index in [1.165, 1.54) is 35.7 Å². The molecule has 0 aromatic carbocycles. The molecule has 0 spiro atoms. The van der Waals surface area contributed by atoms with Crippen LogP contribution >= 0.6 is 11.3 Å². The van der Waals surface area contributed by atoms with Gasteiger partial charge in [-0.25, -0.2) is 0 Å². The van der Waals surface area contributed by atoms with Crippen molar-refractivity contribution in [3.63, 3.8) is 0 Å². The first-order valence-electron chi connectivity index (χ1n) is 8.21. The van der Waals surface area contributed by atoms with Gasteiger partial charge >= 0.3 is 0 Å². The number of likely N-dealkylation sites (tertiary alicyclic amines) is 1. The van der Waals surface area contributed by atoms with Crippen LogP contribution in [0.4, 0.5) is 0 Å². The Bertz CT molecular complexity index is 414. The standard InChI is InChI=1S/C17H31N3S/c1-14(2)10-18-11-16-7-8-17(21-16)13-20-9-5-6-15(12-20)19(3)4/h7-8,14-15,18H,5-6,9-13H2,1-4H3. The van der Waals surface area contributed by atoms with Crippen LogP contribution in [0.3, 0.4) is 0 Å². The lowest BCUT2D eigenvalue weighted by molar-refractivity contribution is 0.129. The van der Waals surface area contributed by atoms with Crippen molar-refractivity contribution >= 4 is 11.3 Å². The SMILES string of the molecule is CC(C)CNCc1ccc(CN2CCCC(N(C)C)C2)s1. The van der Waals surface area contributed by atoms with Crippen molar-refractivity contribution in [2.45, 2.75) is 45.8 Å². The van der Waals surface area contributed by atoms with Crippen molar-refractivity contribution in [3.05, 3.63) is 21.9 Å². The quantitative estimate of drug-likeness (QED) is 0.835. The molecular weight excluding hydrogens is 278 g/mol. The molecule has 4 heteroatoms. The van der Waals surface area contributed by atoms with Crippen molar-refractivity contribution < 1.29 is 0 Å². The largest absolute Gasteiger partial charge is 0.312 e. The zero-order valence-corrected chi connectivity index (χ0v) is 14.9. The highest BCUT2D eigenvalue weighted by molar-refractivity contribution is 7.11. The molecule has 0 aliphatic carbocycles. The minimum absolute atomic E-state index is 0.723. The van der Waals surface area contributed by atoms with Gasteiger partial charge in [0, 0.05) is 35.4 Å². The fraction of sp³-hybridized carbons (Fsp3) is 0.765. The van der Waals surface area contributed by atoms with Gasteiger partial charge in [-0.3, -0.25) is 4.90 Å². The van der Waals surface area contributed by atoms with Crippen LogP contribution in [0.5, 0.6) is 0 Å². The third-order valence-corrected chi connectivity index (χ3v) is 5.23. The first kappa shape index (κ1) is 16.9. The van der Waals surface area contributed by atoms with Gasteiger partial charge in [-0.05, 0) is 58.1 Å². The van der Waals surface area contributed by atoms with Crippen molar-refractivity contribution in [1.29, 1.82) is 0 Å². The molecule has 120 valence electrons. The Kier molecular flexibility index (Phi) is 6.68. The topological polar surface area (TPSA) is 18.5 Å². The lowest BCUT2D eigenvalue weighted by Crippen LogP contribution is -2.44. The molecule has 1 aliphatic heterocycles. The first-order valence-corrected chi connectivity index (χ1v) is 9.03.